The number of nitrogens with two attached hydrogens (primary N) is 1. The van der Waals surface area contributed by atoms with Gasteiger partial charge in [0.15, 0.2) is 0 Å². The highest BCUT2D eigenvalue weighted by molar-refractivity contribution is 5.43. The highest BCUT2D eigenvalue weighted by atomic mass is 16.5. The average molecular weight is 249 g/mol. The zero-order valence-corrected chi connectivity index (χ0v) is 11.3. The SMILES string of the molecule is CCCCCC1C[C@@H](N)c2ccc(OC)cc2O1. The first kappa shape index (κ1) is 13.2. The molecule has 2 rings (SSSR count). The zero-order chi connectivity index (χ0) is 13.0. The van der Waals surface area contributed by atoms with Crippen molar-refractivity contribution < 1.29 is 9.47 Å². The maximum Gasteiger partial charge on any atom is 0.128 e. The van der Waals surface area contributed by atoms with Gasteiger partial charge in [0.05, 0.1) is 7.11 Å². The largest absolute Gasteiger partial charge is 0.497 e. The van der Waals surface area contributed by atoms with E-state index in [1.165, 1.54) is 19.3 Å². The molecule has 0 saturated carbocycles. The Kier molecular flexibility index (Phi) is 4.48. The fraction of sp³-hybridized carbons (Fsp3) is 0.600. The molecule has 100 valence electrons. The molecule has 1 aliphatic heterocycles. The second kappa shape index (κ2) is 6.10. The second-order valence-electron chi connectivity index (χ2n) is 4.98. The van der Waals surface area contributed by atoms with Gasteiger partial charge < -0.3 is 15.2 Å². The third-order valence-electron chi connectivity index (χ3n) is 3.56. The molecule has 1 aliphatic rings. The first-order chi connectivity index (χ1) is 8.74. The molecule has 0 saturated heterocycles. The van der Waals surface area contributed by atoms with Crippen molar-refractivity contribution in [2.24, 2.45) is 5.73 Å². The first-order valence-corrected chi connectivity index (χ1v) is 6.84. The minimum absolute atomic E-state index is 0.0892. The Balaban J connectivity index is 2.06. The van der Waals surface area contributed by atoms with Gasteiger partial charge in [-0.25, -0.2) is 0 Å². The quantitative estimate of drug-likeness (QED) is 0.813. The Labute approximate surface area is 109 Å². The molecular weight excluding hydrogens is 226 g/mol. The third-order valence-corrected chi connectivity index (χ3v) is 3.56. The molecule has 3 nitrogen and oxygen atoms in total. The van der Waals surface area contributed by atoms with Crippen molar-refractivity contribution in [1.29, 1.82) is 0 Å². The molecule has 1 heterocycles. The molecule has 0 aromatic heterocycles. The van der Waals surface area contributed by atoms with Gasteiger partial charge in [-0.2, -0.15) is 0 Å². The van der Waals surface area contributed by atoms with Gasteiger partial charge in [0.1, 0.15) is 17.6 Å². The summed E-state index contributed by atoms with van der Waals surface area (Å²) in [7, 11) is 1.67. The van der Waals surface area contributed by atoms with E-state index in [1.807, 2.05) is 18.2 Å². The summed E-state index contributed by atoms with van der Waals surface area (Å²) in [4.78, 5) is 0. The first-order valence-electron chi connectivity index (χ1n) is 6.84. The van der Waals surface area contributed by atoms with Gasteiger partial charge in [0, 0.05) is 24.1 Å². The monoisotopic (exact) mass is 249 g/mol. The molecule has 0 bridgehead atoms. The predicted octanol–water partition coefficient (Wildman–Crippen LogP) is 3.43. The van der Waals surface area contributed by atoms with Crippen molar-refractivity contribution in [3.63, 3.8) is 0 Å². The summed E-state index contributed by atoms with van der Waals surface area (Å²) in [6, 6.07) is 5.99. The predicted molar refractivity (Wildman–Crippen MR) is 73.1 cm³/mol. The number of hydrogen-bond acceptors (Lipinski definition) is 3. The molecule has 0 fully saturated rings. The summed E-state index contributed by atoms with van der Waals surface area (Å²) in [5, 5.41) is 0. The van der Waals surface area contributed by atoms with Crippen LogP contribution in [0, 0.1) is 0 Å². The van der Waals surface area contributed by atoms with E-state index in [9.17, 15) is 0 Å². The summed E-state index contributed by atoms with van der Waals surface area (Å²) >= 11 is 0. The molecule has 0 amide bonds. The number of rotatable bonds is 5. The van der Waals surface area contributed by atoms with Crippen LogP contribution in [0.1, 0.15) is 50.6 Å². The third kappa shape index (κ3) is 2.96. The summed E-state index contributed by atoms with van der Waals surface area (Å²) in [6.45, 7) is 2.22. The van der Waals surface area contributed by atoms with Gasteiger partial charge in [0.25, 0.3) is 0 Å². The fourth-order valence-corrected chi connectivity index (χ4v) is 2.49. The Morgan fingerprint density at radius 1 is 1.39 bits per heavy atom. The van der Waals surface area contributed by atoms with Crippen LogP contribution in [0.2, 0.25) is 0 Å². The van der Waals surface area contributed by atoms with Crippen LogP contribution in [0.3, 0.4) is 0 Å². The lowest BCUT2D eigenvalue weighted by Crippen LogP contribution is -2.29. The van der Waals surface area contributed by atoms with Crippen molar-refractivity contribution in [2.75, 3.05) is 7.11 Å². The van der Waals surface area contributed by atoms with E-state index in [-0.39, 0.29) is 12.1 Å². The molecule has 0 radical (unpaired) electrons. The van der Waals surface area contributed by atoms with Gasteiger partial charge in [-0.05, 0) is 18.9 Å². The van der Waals surface area contributed by atoms with Crippen molar-refractivity contribution in [3.05, 3.63) is 23.8 Å². The molecule has 1 unspecified atom stereocenters. The molecule has 1 aromatic carbocycles. The molecular formula is C15H23NO2. The van der Waals surface area contributed by atoms with E-state index in [0.717, 1.165) is 29.9 Å². The molecule has 3 heteroatoms. The zero-order valence-electron chi connectivity index (χ0n) is 11.3. The smallest absolute Gasteiger partial charge is 0.128 e. The fourth-order valence-electron chi connectivity index (χ4n) is 2.49. The number of benzene rings is 1. The standard InChI is InChI=1S/C15H23NO2/c1-3-4-5-6-12-9-14(16)13-8-7-11(17-2)10-15(13)18-12/h7-8,10,12,14H,3-6,9,16H2,1-2H3/t12?,14-/m1/s1. The summed E-state index contributed by atoms with van der Waals surface area (Å²) < 4.78 is 11.3. The maximum absolute atomic E-state index is 6.21. The van der Waals surface area contributed by atoms with E-state index in [0.29, 0.717) is 0 Å². The van der Waals surface area contributed by atoms with Gasteiger partial charge in [-0.3, -0.25) is 0 Å². The van der Waals surface area contributed by atoms with Crippen LogP contribution < -0.4 is 15.2 Å². The van der Waals surface area contributed by atoms with Crippen molar-refractivity contribution in [1.82, 2.24) is 0 Å². The Hall–Kier alpha value is -1.22. The van der Waals surface area contributed by atoms with Crippen LogP contribution in [-0.2, 0) is 0 Å². The van der Waals surface area contributed by atoms with Crippen LogP contribution in [0.15, 0.2) is 18.2 Å². The number of fused-ring (bicyclic) bond motifs is 1. The Morgan fingerprint density at radius 3 is 2.94 bits per heavy atom. The number of hydrogen-bond donors (Lipinski definition) is 1. The van der Waals surface area contributed by atoms with Crippen LogP contribution in [-0.4, -0.2) is 13.2 Å². The minimum Gasteiger partial charge on any atom is -0.497 e. The lowest BCUT2D eigenvalue weighted by molar-refractivity contribution is 0.146. The molecule has 18 heavy (non-hydrogen) atoms. The number of unbranched alkanes of at least 4 members (excludes halogenated alkanes) is 2. The number of ether oxygens (including phenoxy) is 2. The van der Waals surface area contributed by atoms with Gasteiger partial charge in [-0.15, -0.1) is 0 Å². The summed E-state index contributed by atoms with van der Waals surface area (Å²) in [5.74, 6) is 1.73. The maximum atomic E-state index is 6.21. The van der Waals surface area contributed by atoms with Gasteiger partial charge >= 0.3 is 0 Å². The topological polar surface area (TPSA) is 44.5 Å². The van der Waals surface area contributed by atoms with Crippen molar-refractivity contribution in [2.45, 2.75) is 51.2 Å². The normalized spacial score (nSPS) is 22.2. The summed E-state index contributed by atoms with van der Waals surface area (Å²) in [5.41, 5.74) is 7.31. The molecule has 0 aliphatic carbocycles. The van der Waals surface area contributed by atoms with E-state index in [2.05, 4.69) is 6.92 Å². The minimum atomic E-state index is 0.0892. The Bertz CT molecular complexity index is 392. The second-order valence-corrected chi connectivity index (χ2v) is 4.98. The van der Waals surface area contributed by atoms with Gasteiger partial charge in [-0.1, -0.05) is 25.8 Å². The molecule has 2 N–H and O–H groups in total. The van der Waals surface area contributed by atoms with Crippen LogP contribution in [0.4, 0.5) is 0 Å². The lowest BCUT2D eigenvalue weighted by atomic mass is 9.94. The lowest BCUT2D eigenvalue weighted by Gasteiger charge is -2.30. The van der Waals surface area contributed by atoms with E-state index < -0.39 is 0 Å². The Morgan fingerprint density at radius 2 is 2.22 bits per heavy atom. The summed E-state index contributed by atoms with van der Waals surface area (Å²) in [6.07, 6.45) is 5.99. The molecule has 0 spiro atoms. The van der Waals surface area contributed by atoms with Crippen LogP contribution >= 0.6 is 0 Å². The van der Waals surface area contributed by atoms with Crippen LogP contribution in [0.25, 0.3) is 0 Å². The molecule has 1 aromatic rings. The number of methoxy groups -OCH3 is 1. The van der Waals surface area contributed by atoms with E-state index >= 15 is 0 Å². The van der Waals surface area contributed by atoms with Gasteiger partial charge in [0.2, 0.25) is 0 Å². The van der Waals surface area contributed by atoms with Crippen molar-refractivity contribution >= 4 is 0 Å². The average Bonchev–Trinajstić information content (AvgIpc) is 2.38. The highest BCUT2D eigenvalue weighted by Crippen LogP contribution is 2.37. The highest BCUT2D eigenvalue weighted by Gasteiger charge is 2.25. The van der Waals surface area contributed by atoms with Crippen LogP contribution in [0.5, 0.6) is 11.5 Å². The van der Waals surface area contributed by atoms with E-state index in [1.54, 1.807) is 7.11 Å². The van der Waals surface area contributed by atoms with Crippen molar-refractivity contribution in [3.8, 4) is 11.5 Å². The van der Waals surface area contributed by atoms with E-state index in [4.69, 9.17) is 15.2 Å². The molecule has 2 atom stereocenters.